The second-order valence-electron chi connectivity index (χ2n) is 13.3. The Bertz CT molecular complexity index is 1710. The molecule has 5 rings (SSSR count). The Morgan fingerprint density at radius 2 is 0.741 bits per heavy atom. The van der Waals surface area contributed by atoms with Gasteiger partial charge in [-0.1, -0.05) is 103 Å². The van der Waals surface area contributed by atoms with E-state index >= 15 is 0 Å². The third kappa shape index (κ3) is 16.5. The summed E-state index contributed by atoms with van der Waals surface area (Å²) in [5, 5.41) is 0. The van der Waals surface area contributed by atoms with Crippen LogP contribution in [0.25, 0.3) is 0 Å². The highest BCUT2D eigenvalue weighted by atomic mass is 16.6. The lowest BCUT2D eigenvalue weighted by atomic mass is 10.1. The molecule has 0 N–H and O–H groups in total. The Morgan fingerprint density at radius 3 is 1.14 bits per heavy atom. The molecule has 0 aliphatic carbocycles. The van der Waals surface area contributed by atoms with E-state index in [1.54, 1.807) is 24.3 Å². The highest BCUT2D eigenvalue weighted by Gasteiger charge is 2.19. The molecule has 0 bridgehead atoms. The monoisotopic (exact) mass is 790 g/mol. The summed E-state index contributed by atoms with van der Waals surface area (Å²) < 4.78 is 46.6. The molecule has 58 heavy (non-hydrogen) atoms. The lowest BCUT2D eigenvalue weighted by molar-refractivity contribution is -0.00724. The van der Waals surface area contributed by atoms with Crippen molar-refractivity contribution in [2.24, 2.45) is 0 Å². The van der Waals surface area contributed by atoms with Gasteiger partial charge in [0, 0.05) is 32.5 Å². The van der Waals surface area contributed by atoms with Gasteiger partial charge in [-0.05, 0) is 73.2 Å². The van der Waals surface area contributed by atoms with Crippen molar-refractivity contribution in [2.75, 3.05) is 66.1 Å². The number of carbonyl (C=O) groups is 2. The van der Waals surface area contributed by atoms with E-state index in [0.29, 0.717) is 75.5 Å². The molecule has 0 spiro atoms. The molecule has 0 saturated carbocycles. The topological polar surface area (TPSA) is 108 Å². The number of esters is 2. The van der Waals surface area contributed by atoms with Crippen LogP contribution >= 0.6 is 0 Å². The molecular weight excluding hydrogens is 737 g/mol. The molecule has 10 nitrogen and oxygen atoms in total. The fraction of sp³-hybridized carbons (Fsp3) is 0.333. The normalized spacial score (nSPS) is 12.0. The van der Waals surface area contributed by atoms with Gasteiger partial charge in [-0.3, -0.25) is 0 Å². The van der Waals surface area contributed by atoms with Gasteiger partial charge in [-0.15, -0.1) is 0 Å². The van der Waals surface area contributed by atoms with Gasteiger partial charge in [-0.25, -0.2) is 9.59 Å². The lowest BCUT2D eigenvalue weighted by Gasteiger charge is -2.18. The zero-order chi connectivity index (χ0) is 40.3. The van der Waals surface area contributed by atoms with Crippen LogP contribution in [0.1, 0.15) is 69.7 Å². The summed E-state index contributed by atoms with van der Waals surface area (Å²) >= 11 is 0. The average Bonchev–Trinajstić information content (AvgIpc) is 3.28. The van der Waals surface area contributed by atoms with Crippen LogP contribution in [0.3, 0.4) is 0 Å². The standard InChI is InChI=1S/C48H54O10/c49-47(41-22-9-3-10-23-41)57-45(39-18-5-1-6-19-39)37-53-30-15-13-28-51-32-34-55-43-26-17-27-44(36-43)56-35-33-52-29-14-16-31-54-38-46(40-20-7-2-8-21-40)58-48(50)42-24-11-4-12-25-42/h1-12,17-27,36,45-46H,13-16,28-35,37-38H2. The van der Waals surface area contributed by atoms with Crippen molar-refractivity contribution in [3.05, 3.63) is 168 Å². The number of benzene rings is 5. The van der Waals surface area contributed by atoms with Crippen molar-refractivity contribution in [3.8, 4) is 11.5 Å². The molecule has 2 atom stereocenters. The van der Waals surface area contributed by atoms with Crippen LogP contribution in [0.15, 0.2) is 146 Å². The Kier molecular flexibility index (Phi) is 19.9. The van der Waals surface area contributed by atoms with Crippen molar-refractivity contribution < 1.29 is 47.5 Å². The number of hydrogen-bond acceptors (Lipinski definition) is 10. The van der Waals surface area contributed by atoms with Gasteiger partial charge in [0.05, 0.1) is 37.6 Å². The minimum absolute atomic E-state index is 0.277. The smallest absolute Gasteiger partial charge is 0.338 e. The second kappa shape index (κ2) is 26.4. The molecule has 0 amide bonds. The van der Waals surface area contributed by atoms with Crippen molar-refractivity contribution in [2.45, 2.75) is 37.9 Å². The first-order valence-electron chi connectivity index (χ1n) is 19.9. The van der Waals surface area contributed by atoms with Crippen molar-refractivity contribution >= 4 is 11.9 Å². The van der Waals surface area contributed by atoms with Gasteiger partial charge < -0.3 is 37.9 Å². The van der Waals surface area contributed by atoms with Gasteiger partial charge in [0.25, 0.3) is 0 Å². The number of hydrogen-bond donors (Lipinski definition) is 0. The summed E-state index contributed by atoms with van der Waals surface area (Å²) in [5.74, 6) is 0.670. The van der Waals surface area contributed by atoms with E-state index in [0.717, 1.165) is 36.8 Å². The fourth-order valence-electron chi connectivity index (χ4n) is 5.77. The molecule has 306 valence electrons. The van der Waals surface area contributed by atoms with Crippen LogP contribution in [-0.4, -0.2) is 78.0 Å². The second-order valence-corrected chi connectivity index (χ2v) is 13.3. The quantitative estimate of drug-likeness (QED) is 0.0360. The predicted octanol–water partition coefficient (Wildman–Crippen LogP) is 9.27. The minimum Gasteiger partial charge on any atom is -0.491 e. The molecule has 0 radical (unpaired) electrons. The zero-order valence-electron chi connectivity index (χ0n) is 33.0. The number of carbonyl (C=O) groups excluding carboxylic acids is 2. The molecular formula is C48H54O10. The average molecular weight is 791 g/mol. The summed E-state index contributed by atoms with van der Waals surface area (Å²) in [6.07, 6.45) is 2.32. The van der Waals surface area contributed by atoms with Crippen LogP contribution in [0.2, 0.25) is 0 Å². The summed E-state index contributed by atoms with van der Waals surface area (Å²) in [5.41, 5.74) is 2.80. The van der Waals surface area contributed by atoms with Gasteiger partial charge in [0.1, 0.15) is 24.7 Å². The molecule has 2 unspecified atom stereocenters. The van der Waals surface area contributed by atoms with Gasteiger partial charge in [-0.2, -0.15) is 0 Å². The summed E-state index contributed by atoms with van der Waals surface area (Å²) in [7, 11) is 0. The van der Waals surface area contributed by atoms with Gasteiger partial charge >= 0.3 is 11.9 Å². The van der Waals surface area contributed by atoms with E-state index in [-0.39, 0.29) is 25.2 Å². The largest absolute Gasteiger partial charge is 0.491 e. The van der Waals surface area contributed by atoms with E-state index in [2.05, 4.69) is 0 Å². The summed E-state index contributed by atoms with van der Waals surface area (Å²) in [6, 6.07) is 44.7. The molecule has 0 heterocycles. The molecule has 0 saturated heterocycles. The third-order valence-corrected chi connectivity index (χ3v) is 8.85. The van der Waals surface area contributed by atoms with Crippen LogP contribution in [0.5, 0.6) is 11.5 Å². The van der Waals surface area contributed by atoms with E-state index in [1.165, 1.54) is 0 Å². The first kappa shape index (κ1) is 43.6. The van der Waals surface area contributed by atoms with E-state index in [9.17, 15) is 9.59 Å². The highest BCUT2D eigenvalue weighted by molar-refractivity contribution is 5.90. The number of rotatable bonds is 28. The van der Waals surface area contributed by atoms with Crippen molar-refractivity contribution in [3.63, 3.8) is 0 Å². The fourth-order valence-corrected chi connectivity index (χ4v) is 5.77. The third-order valence-electron chi connectivity index (χ3n) is 8.85. The van der Waals surface area contributed by atoms with Gasteiger partial charge in [0.2, 0.25) is 0 Å². The Labute approximate surface area is 341 Å². The van der Waals surface area contributed by atoms with Crippen LogP contribution in [0, 0.1) is 0 Å². The minimum atomic E-state index is -0.491. The highest BCUT2D eigenvalue weighted by Crippen LogP contribution is 2.22. The maximum absolute atomic E-state index is 12.7. The molecule has 5 aromatic rings. The molecule has 0 aromatic heterocycles. The van der Waals surface area contributed by atoms with E-state index in [1.807, 2.05) is 121 Å². The molecule has 0 fully saturated rings. The number of unbranched alkanes of at least 4 members (excludes halogenated alkanes) is 2. The Hall–Kier alpha value is -5.52. The maximum Gasteiger partial charge on any atom is 0.338 e. The maximum atomic E-state index is 12.7. The number of ether oxygens (including phenoxy) is 8. The first-order valence-corrected chi connectivity index (χ1v) is 19.9. The SMILES string of the molecule is O=C(OC(COCCCCOCCOc1cccc(OCCOCCCCOCC(OC(=O)c2ccccc2)c2ccccc2)c1)c1ccccc1)c1ccccc1. The van der Waals surface area contributed by atoms with Crippen LogP contribution < -0.4 is 9.47 Å². The summed E-state index contributed by atoms with van der Waals surface area (Å²) in [6.45, 7) is 4.58. The Balaban J connectivity index is 0.855. The first-order chi connectivity index (χ1) is 28.7. The van der Waals surface area contributed by atoms with E-state index in [4.69, 9.17) is 37.9 Å². The summed E-state index contributed by atoms with van der Waals surface area (Å²) in [4.78, 5) is 25.3. The van der Waals surface area contributed by atoms with Crippen molar-refractivity contribution in [1.29, 1.82) is 0 Å². The van der Waals surface area contributed by atoms with Gasteiger partial charge in [0.15, 0.2) is 12.2 Å². The van der Waals surface area contributed by atoms with E-state index < -0.39 is 12.2 Å². The van der Waals surface area contributed by atoms with Crippen LogP contribution in [0.4, 0.5) is 0 Å². The zero-order valence-corrected chi connectivity index (χ0v) is 33.0. The molecule has 5 aromatic carbocycles. The Morgan fingerprint density at radius 1 is 0.379 bits per heavy atom. The predicted molar refractivity (Wildman–Crippen MR) is 221 cm³/mol. The molecule has 10 heteroatoms. The molecule has 0 aliphatic heterocycles. The lowest BCUT2D eigenvalue weighted by Crippen LogP contribution is -2.17. The van der Waals surface area contributed by atoms with Crippen molar-refractivity contribution in [1.82, 2.24) is 0 Å². The molecule has 0 aliphatic rings. The van der Waals surface area contributed by atoms with Crippen LogP contribution in [-0.2, 0) is 28.4 Å².